The molecule has 0 saturated carbocycles. The highest BCUT2D eigenvalue weighted by molar-refractivity contribution is 5.56. The summed E-state index contributed by atoms with van der Waals surface area (Å²) in [6.07, 6.45) is 0. The van der Waals surface area contributed by atoms with Crippen LogP contribution in [0.5, 0.6) is 11.5 Å². The summed E-state index contributed by atoms with van der Waals surface area (Å²) >= 11 is 0. The van der Waals surface area contributed by atoms with Crippen LogP contribution < -0.4 is 9.47 Å². The Hall–Kier alpha value is -2.96. The third-order valence-electron chi connectivity index (χ3n) is 3.15. The maximum atomic E-state index is 12.8. The van der Waals surface area contributed by atoms with Crippen molar-refractivity contribution in [3.8, 4) is 22.9 Å². The Morgan fingerprint density at radius 2 is 1.91 bits per heavy atom. The van der Waals surface area contributed by atoms with Crippen LogP contribution >= 0.6 is 0 Å². The Morgan fingerprint density at radius 1 is 1.09 bits per heavy atom. The largest absolute Gasteiger partial charge is 0.497 e. The second kappa shape index (κ2) is 6.87. The van der Waals surface area contributed by atoms with Crippen molar-refractivity contribution in [3.05, 3.63) is 54.3 Å². The fourth-order valence-electron chi connectivity index (χ4n) is 1.99. The first-order chi connectivity index (χ1) is 11.2. The van der Waals surface area contributed by atoms with Crippen molar-refractivity contribution < 1.29 is 13.9 Å². The van der Waals surface area contributed by atoms with E-state index in [0.717, 1.165) is 11.3 Å². The van der Waals surface area contributed by atoms with Gasteiger partial charge in [0.15, 0.2) is 0 Å². The quantitative estimate of drug-likeness (QED) is 0.700. The Kier molecular flexibility index (Phi) is 4.46. The molecule has 23 heavy (non-hydrogen) atoms. The average molecular weight is 314 g/mol. The summed E-state index contributed by atoms with van der Waals surface area (Å²) in [5, 5.41) is 12.3. The van der Waals surface area contributed by atoms with E-state index in [1.165, 1.54) is 16.9 Å². The number of hydrogen-bond acceptors (Lipinski definition) is 5. The lowest BCUT2D eigenvalue weighted by Crippen LogP contribution is -2.11. The van der Waals surface area contributed by atoms with Gasteiger partial charge in [0, 0.05) is 5.56 Å². The lowest BCUT2D eigenvalue weighted by atomic mass is 10.2. The highest BCUT2D eigenvalue weighted by Gasteiger charge is 2.07. The number of ether oxygens (including phenoxy) is 2. The Labute approximate surface area is 132 Å². The van der Waals surface area contributed by atoms with Crippen LogP contribution in [0.2, 0.25) is 0 Å². The van der Waals surface area contributed by atoms with E-state index in [4.69, 9.17) is 9.47 Å². The SMILES string of the molecule is COc1cccc(-c2nnn(CCOc3ccc(F)cc3)n2)c1. The first-order valence-electron chi connectivity index (χ1n) is 7.05. The molecule has 0 aliphatic carbocycles. The zero-order valence-corrected chi connectivity index (χ0v) is 12.5. The molecule has 1 aromatic heterocycles. The van der Waals surface area contributed by atoms with Gasteiger partial charge in [-0.2, -0.15) is 4.80 Å². The molecule has 0 aliphatic heterocycles. The minimum atomic E-state index is -0.293. The van der Waals surface area contributed by atoms with Gasteiger partial charge in [0.2, 0.25) is 5.82 Å². The van der Waals surface area contributed by atoms with Gasteiger partial charge in [-0.05, 0) is 41.6 Å². The van der Waals surface area contributed by atoms with E-state index < -0.39 is 0 Å². The van der Waals surface area contributed by atoms with Crippen LogP contribution in [0.4, 0.5) is 4.39 Å². The van der Waals surface area contributed by atoms with Gasteiger partial charge in [-0.25, -0.2) is 4.39 Å². The molecule has 118 valence electrons. The van der Waals surface area contributed by atoms with E-state index >= 15 is 0 Å². The third kappa shape index (κ3) is 3.82. The molecule has 0 amide bonds. The van der Waals surface area contributed by atoms with Crippen molar-refractivity contribution >= 4 is 0 Å². The van der Waals surface area contributed by atoms with Gasteiger partial charge in [0.1, 0.15) is 23.9 Å². The molecule has 0 radical (unpaired) electrons. The van der Waals surface area contributed by atoms with Crippen molar-refractivity contribution in [2.75, 3.05) is 13.7 Å². The fourth-order valence-corrected chi connectivity index (χ4v) is 1.99. The molecule has 0 N–H and O–H groups in total. The molecular weight excluding hydrogens is 299 g/mol. The van der Waals surface area contributed by atoms with Crippen LogP contribution in [0.3, 0.4) is 0 Å². The number of methoxy groups -OCH3 is 1. The monoisotopic (exact) mass is 314 g/mol. The van der Waals surface area contributed by atoms with Gasteiger partial charge in [0.05, 0.1) is 13.7 Å². The second-order valence-electron chi connectivity index (χ2n) is 4.74. The molecule has 0 saturated heterocycles. The van der Waals surface area contributed by atoms with E-state index in [0.29, 0.717) is 24.7 Å². The number of rotatable bonds is 6. The number of aromatic nitrogens is 4. The highest BCUT2D eigenvalue weighted by Crippen LogP contribution is 2.19. The van der Waals surface area contributed by atoms with Gasteiger partial charge in [0.25, 0.3) is 0 Å². The van der Waals surface area contributed by atoms with Crippen molar-refractivity contribution in [3.63, 3.8) is 0 Å². The first-order valence-corrected chi connectivity index (χ1v) is 7.05. The summed E-state index contributed by atoms with van der Waals surface area (Å²) in [5.41, 5.74) is 0.829. The third-order valence-corrected chi connectivity index (χ3v) is 3.15. The number of hydrogen-bond donors (Lipinski definition) is 0. The van der Waals surface area contributed by atoms with Crippen LogP contribution in [-0.4, -0.2) is 33.9 Å². The predicted molar refractivity (Wildman–Crippen MR) is 81.7 cm³/mol. The summed E-state index contributed by atoms with van der Waals surface area (Å²) in [7, 11) is 1.61. The molecule has 7 heteroatoms. The van der Waals surface area contributed by atoms with E-state index in [1.54, 1.807) is 19.2 Å². The minimum Gasteiger partial charge on any atom is -0.497 e. The number of benzene rings is 2. The summed E-state index contributed by atoms with van der Waals surface area (Å²) in [4.78, 5) is 1.46. The maximum absolute atomic E-state index is 12.8. The summed E-state index contributed by atoms with van der Waals surface area (Å²) < 4.78 is 23.5. The van der Waals surface area contributed by atoms with E-state index in [2.05, 4.69) is 15.4 Å². The van der Waals surface area contributed by atoms with Crippen LogP contribution in [-0.2, 0) is 6.54 Å². The zero-order valence-electron chi connectivity index (χ0n) is 12.5. The molecule has 0 spiro atoms. The van der Waals surface area contributed by atoms with E-state index in [-0.39, 0.29) is 5.82 Å². The van der Waals surface area contributed by atoms with Crippen molar-refractivity contribution in [1.82, 2.24) is 20.2 Å². The van der Waals surface area contributed by atoms with Crippen molar-refractivity contribution in [2.45, 2.75) is 6.54 Å². The fraction of sp³-hybridized carbons (Fsp3) is 0.188. The maximum Gasteiger partial charge on any atom is 0.205 e. The smallest absolute Gasteiger partial charge is 0.205 e. The zero-order chi connectivity index (χ0) is 16.1. The lowest BCUT2D eigenvalue weighted by Gasteiger charge is -2.04. The number of nitrogens with zero attached hydrogens (tertiary/aromatic N) is 4. The molecule has 0 fully saturated rings. The molecule has 0 atom stereocenters. The van der Waals surface area contributed by atoms with Crippen LogP contribution in [0, 0.1) is 5.82 Å². The highest BCUT2D eigenvalue weighted by atomic mass is 19.1. The average Bonchev–Trinajstić information content (AvgIpc) is 3.06. The molecular formula is C16H15FN4O2. The molecule has 0 unspecified atom stereocenters. The molecule has 6 nitrogen and oxygen atoms in total. The Balaban J connectivity index is 1.59. The standard InChI is InChI=1S/C16H15FN4O2/c1-22-15-4-2-3-12(11-15)16-18-20-21(19-16)9-10-23-14-7-5-13(17)6-8-14/h2-8,11H,9-10H2,1H3. The van der Waals surface area contributed by atoms with Crippen LogP contribution in [0.15, 0.2) is 48.5 Å². The van der Waals surface area contributed by atoms with Crippen molar-refractivity contribution in [1.29, 1.82) is 0 Å². The van der Waals surface area contributed by atoms with Crippen LogP contribution in [0.25, 0.3) is 11.4 Å². The normalized spacial score (nSPS) is 10.5. The number of tetrazole rings is 1. The molecule has 2 aromatic carbocycles. The summed E-state index contributed by atoms with van der Waals surface area (Å²) in [5.74, 6) is 1.56. The Morgan fingerprint density at radius 3 is 2.70 bits per heavy atom. The van der Waals surface area contributed by atoms with Gasteiger partial charge in [-0.1, -0.05) is 12.1 Å². The van der Waals surface area contributed by atoms with Gasteiger partial charge in [-0.3, -0.25) is 0 Å². The van der Waals surface area contributed by atoms with Gasteiger partial charge < -0.3 is 9.47 Å². The molecule has 1 heterocycles. The topological polar surface area (TPSA) is 62.1 Å². The molecule has 3 aromatic rings. The predicted octanol–water partition coefficient (Wildman–Crippen LogP) is 2.57. The summed E-state index contributed by atoms with van der Waals surface area (Å²) in [6.45, 7) is 0.799. The van der Waals surface area contributed by atoms with Crippen molar-refractivity contribution in [2.24, 2.45) is 0 Å². The van der Waals surface area contributed by atoms with Gasteiger partial charge >= 0.3 is 0 Å². The number of halogens is 1. The molecule has 0 aliphatic rings. The van der Waals surface area contributed by atoms with E-state index in [1.807, 2.05) is 24.3 Å². The second-order valence-corrected chi connectivity index (χ2v) is 4.74. The molecule has 3 rings (SSSR count). The molecule has 0 bridgehead atoms. The minimum absolute atomic E-state index is 0.293. The lowest BCUT2D eigenvalue weighted by molar-refractivity contribution is 0.280. The first kappa shape index (κ1) is 15.0. The summed E-state index contributed by atoms with van der Waals surface area (Å²) in [6, 6.07) is 13.3. The van der Waals surface area contributed by atoms with E-state index in [9.17, 15) is 4.39 Å². The Bertz CT molecular complexity index is 774. The van der Waals surface area contributed by atoms with Crippen LogP contribution in [0.1, 0.15) is 0 Å². The van der Waals surface area contributed by atoms with Gasteiger partial charge in [-0.15, -0.1) is 10.2 Å².